The Labute approximate surface area is 185 Å². The summed E-state index contributed by atoms with van der Waals surface area (Å²) in [6, 6.07) is 18.2. The zero-order chi connectivity index (χ0) is 23.3. The fourth-order valence-corrected chi connectivity index (χ4v) is 2.97. The number of nitro groups is 1. The van der Waals surface area contributed by atoms with Crippen LogP contribution in [0.15, 0.2) is 72.4 Å². The molecule has 0 aromatic heterocycles. The highest BCUT2D eigenvalue weighted by Crippen LogP contribution is 2.18. The molecule has 0 atom stereocenters. The third-order valence-corrected chi connectivity index (χ3v) is 4.96. The first-order valence-corrected chi connectivity index (χ1v) is 9.96. The first kappa shape index (κ1) is 22.4. The van der Waals surface area contributed by atoms with Crippen LogP contribution in [0.5, 0.6) is 0 Å². The number of carbonyl (C=O) groups excluding carboxylic acids is 2. The molecule has 3 aromatic carbocycles. The van der Waals surface area contributed by atoms with Gasteiger partial charge >= 0.3 is 0 Å². The molecule has 162 valence electrons. The van der Waals surface area contributed by atoms with Crippen LogP contribution in [0.25, 0.3) is 6.08 Å². The molecule has 0 bridgehead atoms. The van der Waals surface area contributed by atoms with Crippen molar-refractivity contribution in [1.29, 1.82) is 0 Å². The van der Waals surface area contributed by atoms with Crippen molar-refractivity contribution in [2.45, 2.75) is 20.8 Å². The number of nitrogens with one attached hydrogen (secondary N) is 2. The predicted molar refractivity (Wildman–Crippen MR) is 124 cm³/mol. The Kier molecular flexibility index (Phi) is 6.80. The summed E-state index contributed by atoms with van der Waals surface area (Å²) in [4.78, 5) is 36.4. The van der Waals surface area contributed by atoms with Crippen LogP contribution in [0.1, 0.15) is 32.6 Å². The molecule has 3 aromatic rings. The number of anilines is 1. The maximum atomic E-state index is 13.0. The second-order valence-electron chi connectivity index (χ2n) is 7.48. The highest BCUT2D eigenvalue weighted by Gasteiger charge is 2.16. The molecule has 2 N–H and O–H groups in total. The van der Waals surface area contributed by atoms with Gasteiger partial charge in [-0.15, -0.1) is 0 Å². The van der Waals surface area contributed by atoms with E-state index in [0.717, 1.165) is 16.7 Å². The fraction of sp³-hybridized carbons (Fsp3) is 0.120. The molecule has 0 saturated carbocycles. The molecule has 0 heterocycles. The van der Waals surface area contributed by atoms with Gasteiger partial charge in [0.25, 0.3) is 17.5 Å². The molecule has 3 rings (SSSR count). The molecule has 0 aliphatic heterocycles. The third kappa shape index (κ3) is 5.66. The highest BCUT2D eigenvalue weighted by atomic mass is 16.6. The molecule has 0 fully saturated rings. The SMILES string of the molecule is Cc1ccc(C(=O)N/C(=C/c2cccc([N+](=O)[O-])c2)C(=O)Nc2ccc(C)c(C)c2)cc1. The van der Waals surface area contributed by atoms with Gasteiger partial charge in [0.2, 0.25) is 0 Å². The Bertz CT molecular complexity index is 1210. The number of aryl methyl sites for hydroxylation is 3. The van der Waals surface area contributed by atoms with Crippen LogP contribution in [0.4, 0.5) is 11.4 Å². The highest BCUT2D eigenvalue weighted by molar-refractivity contribution is 6.10. The van der Waals surface area contributed by atoms with Crippen molar-refractivity contribution in [3.63, 3.8) is 0 Å². The zero-order valence-corrected chi connectivity index (χ0v) is 18.0. The van der Waals surface area contributed by atoms with Crippen molar-refractivity contribution in [1.82, 2.24) is 5.32 Å². The summed E-state index contributed by atoms with van der Waals surface area (Å²) < 4.78 is 0. The van der Waals surface area contributed by atoms with Crippen LogP contribution in [0.3, 0.4) is 0 Å². The summed E-state index contributed by atoms with van der Waals surface area (Å²) in [7, 11) is 0. The van der Waals surface area contributed by atoms with E-state index in [2.05, 4.69) is 10.6 Å². The Morgan fingerprint density at radius 2 is 1.62 bits per heavy atom. The van der Waals surface area contributed by atoms with Gasteiger partial charge in [-0.1, -0.05) is 35.9 Å². The number of carbonyl (C=O) groups is 2. The first-order valence-electron chi connectivity index (χ1n) is 9.96. The van der Waals surface area contributed by atoms with Crippen molar-refractivity contribution >= 4 is 29.3 Å². The van der Waals surface area contributed by atoms with Gasteiger partial charge < -0.3 is 10.6 Å². The zero-order valence-electron chi connectivity index (χ0n) is 18.0. The van der Waals surface area contributed by atoms with Crippen LogP contribution in [0.2, 0.25) is 0 Å². The summed E-state index contributed by atoms with van der Waals surface area (Å²) in [5.74, 6) is -1.00. The van der Waals surface area contributed by atoms with Crippen molar-refractivity contribution in [2.24, 2.45) is 0 Å². The number of hydrogen-bond acceptors (Lipinski definition) is 4. The van der Waals surface area contributed by atoms with E-state index in [9.17, 15) is 19.7 Å². The molecule has 2 amide bonds. The topological polar surface area (TPSA) is 101 Å². The van der Waals surface area contributed by atoms with E-state index in [1.165, 1.54) is 24.3 Å². The van der Waals surface area contributed by atoms with Crippen LogP contribution >= 0.6 is 0 Å². The summed E-state index contributed by atoms with van der Waals surface area (Å²) in [5, 5.41) is 16.5. The van der Waals surface area contributed by atoms with Crippen molar-refractivity contribution in [3.8, 4) is 0 Å². The Morgan fingerprint density at radius 3 is 2.28 bits per heavy atom. The molecule has 32 heavy (non-hydrogen) atoms. The molecule has 0 saturated heterocycles. The summed E-state index contributed by atoms with van der Waals surface area (Å²) in [6.07, 6.45) is 1.41. The van der Waals surface area contributed by atoms with Gasteiger partial charge in [0.1, 0.15) is 5.70 Å². The average molecular weight is 429 g/mol. The van der Waals surface area contributed by atoms with E-state index in [1.54, 1.807) is 36.4 Å². The lowest BCUT2D eigenvalue weighted by atomic mass is 10.1. The monoisotopic (exact) mass is 429 g/mol. The van der Waals surface area contributed by atoms with E-state index in [0.29, 0.717) is 16.8 Å². The molecule has 7 nitrogen and oxygen atoms in total. The Hall–Kier alpha value is -4.26. The van der Waals surface area contributed by atoms with Gasteiger partial charge in [0.05, 0.1) is 4.92 Å². The first-order chi connectivity index (χ1) is 15.2. The maximum Gasteiger partial charge on any atom is 0.272 e. The molecule has 0 aliphatic rings. The van der Waals surface area contributed by atoms with Crippen molar-refractivity contribution < 1.29 is 14.5 Å². The second-order valence-corrected chi connectivity index (χ2v) is 7.48. The quantitative estimate of drug-likeness (QED) is 0.329. The second kappa shape index (κ2) is 9.70. The largest absolute Gasteiger partial charge is 0.321 e. The fourth-order valence-electron chi connectivity index (χ4n) is 2.97. The van der Waals surface area contributed by atoms with E-state index in [-0.39, 0.29) is 11.4 Å². The van der Waals surface area contributed by atoms with E-state index >= 15 is 0 Å². The normalized spacial score (nSPS) is 11.0. The smallest absolute Gasteiger partial charge is 0.272 e. The van der Waals surface area contributed by atoms with Gasteiger partial charge in [0, 0.05) is 23.4 Å². The van der Waals surface area contributed by atoms with E-state index in [4.69, 9.17) is 0 Å². The summed E-state index contributed by atoms with van der Waals surface area (Å²) in [6.45, 7) is 5.81. The average Bonchev–Trinajstić information content (AvgIpc) is 2.76. The predicted octanol–water partition coefficient (Wildman–Crippen LogP) is 4.93. The molecular formula is C25H23N3O4. The lowest BCUT2D eigenvalue weighted by molar-refractivity contribution is -0.384. The van der Waals surface area contributed by atoms with Crippen LogP contribution in [0, 0.1) is 30.9 Å². The van der Waals surface area contributed by atoms with Gasteiger partial charge in [-0.25, -0.2) is 0 Å². The molecule has 7 heteroatoms. The van der Waals surface area contributed by atoms with E-state index < -0.39 is 16.7 Å². The minimum absolute atomic E-state index is 0.0331. The summed E-state index contributed by atoms with van der Waals surface area (Å²) in [5.41, 5.74) is 4.33. The van der Waals surface area contributed by atoms with Gasteiger partial charge in [-0.05, 0) is 67.8 Å². The van der Waals surface area contributed by atoms with Crippen LogP contribution < -0.4 is 10.6 Å². The molecule has 0 spiro atoms. The number of nitro benzene ring substituents is 1. The standard InChI is InChI=1S/C25H23N3O4/c1-16-7-10-20(11-8-16)24(29)27-23(15-19-5-4-6-22(14-19)28(31)32)25(30)26-21-12-9-17(2)18(3)13-21/h4-15H,1-3H3,(H,26,30)(H,27,29)/b23-15+. The lowest BCUT2D eigenvalue weighted by Crippen LogP contribution is -2.30. The van der Waals surface area contributed by atoms with Crippen molar-refractivity contribution in [3.05, 3.63) is 110 Å². The Morgan fingerprint density at radius 1 is 0.906 bits per heavy atom. The minimum atomic E-state index is -0.541. The number of benzene rings is 3. The Balaban J connectivity index is 1.93. The van der Waals surface area contributed by atoms with Gasteiger partial charge in [0.15, 0.2) is 0 Å². The number of nitrogens with zero attached hydrogens (tertiary/aromatic N) is 1. The number of hydrogen-bond donors (Lipinski definition) is 2. The van der Waals surface area contributed by atoms with Crippen molar-refractivity contribution in [2.75, 3.05) is 5.32 Å². The molecule has 0 aliphatic carbocycles. The number of rotatable bonds is 6. The molecule has 0 radical (unpaired) electrons. The number of non-ortho nitro benzene ring substituents is 1. The lowest BCUT2D eigenvalue weighted by Gasteiger charge is -2.12. The van der Waals surface area contributed by atoms with E-state index in [1.807, 2.05) is 32.9 Å². The van der Waals surface area contributed by atoms with Gasteiger partial charge in [-0.3, -0.25) is 19.7 Å². The molecule has 0 unspecified atom stereocenters. The maximum absolute atomic E-state index is 13.0. The summed E-state index contributed by atoms with van der Waals surface area (Å²) >= 11 is 0. The number of amides is 2. The molecular weight excluding hydrogens is 406 g/mol. The minimum Gasteiger partial charge on any atom is -0.321 e. The van der Waals surface area contributed by atoms with Crippen LogP contribution in [-0.4, -0.2) is 16.7 Å². The van der Waals surface area contributed by atoms with Crippen LogP contribution in [-0.2, 0) is 4.79 Å². The van der Waals surface area contributed by atoms with Gasteiger partial charge in [-0.2, -0.15) is 0 Å². The third-order valence-electron chi connectivity index (χ3n) is 4.96.